The average Bonchev–Trinajstić information content (AvgIpc) is 2.68. The maximum absolute atomic E-state index is 10.1. The summed E-state index contributed by atoms with van der Waals surface area (Å²) in [5, 5.41) is 10.1. The van der Waals surface area contributed by atoms with Gasteiger partial charge in [0.15, 0.2) is 0 Å². The van der Waals surface area contributed by atoms with Crippen LogP contribution in [0.4, 0.5) is 0 Å². The minimum absolute atomic E-state index is 0.0608. The molecule has 0 spiro atoms. The Morgan fingerprint density at radius 3 is 2.37 bits per heavy atom. The van der Waals surface area contributed by atoms with Crippen LogP contribution in [0.15, 0.2) is 12.7 Å². The summed E-state index contributed by atoms with van der Waals surface area (Å²) in [7, 11) is 0. The Morgan fingerprint density at radius 2 is 1.73 bits per heavy atom. The molecule has 1 N–H and O–H groups in total. The largest absolute Gasteiger partial charge is 0.386 e. The van der Waals surface area contributed by atoms with Crippen molar-refractivity contribution in [2.75, 3.05) is 6.61 Å². The molecule has 0 aromatic rings. The topological polar surface area (TPSA) is 29.5 Å². The van der Waals surface area contributed by atoms with Gasteiger partial charge < -0.3 is 9.84 Å². The summed E-state index contributed by atoms with van der Waals surface area (Å²) in [4.78, 5) is 0. The number of hydrogen-bond acceptors (Lipinski definition) is 2. The molecule has 5 unspecified atom stereocenters. The third-order valence-electron chi connectivity index (χ3n) is 7.65. The second-order valence-electron chi connectivity index (χ2n) is 11.4. The number of hydrogen-bond donors (Lipinski definition) is 1. The first kappa shape index (κ1) is 27.7. The van der Waals surface area contributed by atoms with Crippen LogP contribution < -0.4 is 0 Å². The van der Waals surface area contributed by atoms with Crippen molar-refractivity contribution in [1.82, 2.24) is 0 Å². The molecule has 2 heteroatoms. The quantitative estimate of drug-likeness (QED) is 0.253. The lowest BCUT2D eigenvalue weighted by atomic mass is 9.74. The Labute approximate surface area is 189 Å². The van der Waals surface area contributed by atoms with Crippen molar-refractivity contribution in [3.63, 3.8) is 0 Å². The second-order valence-corrected chi connectivity index (χ2v) is 11.4. The smallest absolute Gasteiger partial charge is 0.0819 e. The van der Waals surface area contributed by atoms with E-state index < -0.39 is 5.60 Å². The average molecular weight is 423 g/mol. The lowest BCUT2D eigenvalue weighted by Crippen LogP contribution is -2.34. The number of aliphatic hydroxyl groups is 1. The van der Waals surface area contributed by atoms with Crippen molar-refractivity contribution in [2.45, 2.75) is 136 Å². The van der Waals surface area contributed by atoms with E-state index in [0.717, 1.165) is 30.1 Å². The lowest BCUT2D eigenvalue weighted by molar-refractivity contribution is -0.0703. The zero-order valence-corrected chi connectivity index (χ0v) is 21.3. The van der Waals surface area contributed by atoms with E-state index in [2.05, 4.69) is 41.2 Å². The summed E-state index contributed by atoms with van der Waals surface area (Å²) in [6.07, 6.45) is 18.5. The molecule has 0 radical (unpaired) electrons. The molecule has 1 fully saturated rings. The SMILES string of the molecule is C=CC(C)(O)CCOC(C)(CC)CC1CCCC(CCCC(C)CCCC(C)C)C1. The van der Waals surface area contributed by atoms with Gasteiger partial charge in [-0.25, -0.2) is 0 Å². The first-order chi connectivity index (χ1) is 14.1. The van der Waals surface area contributed by atoms with Crippen molar-refractivity contribution in [1.29, 1.82) is 0 Å². The van der Waals surface area contributed by atoms with Gasteiger partial charge in [0.1, 0.15) is 0 Å². The highest BCUT2D eigenvalue weighted by molar-refractivity contribution is 4.91. The molecule has 1 aliphatic carbocycles. The zero-order valence-electron chi connectivity index (χ0n) is 21.3. The van der Waals surface area contributed by atoms with Crippen molar-refractivity contribution in [3.8, 4) is 0 Å². The molecule has 0 heterocycles. The molecular weight excluding hydrogens is 368 g/mol. The van der Waals surface area contributed by atoms with E-state index in [-0.39, 0.29) is 5.60 Å². The van der Waals surface area contributed by atoms with E-state index >= 15 is 0 Å². The fourth-order valence-corrected chi connectivity index (χ4v) is 5.15. The van der Waals surface area contributed by atoms with E-state index in [1.807, 2.05) is 6.92 Å². The van der Waals surface area contributed by atoms with E-state index in [9.17, 15) is 5.11 Å². The highest BCUT2D eigenvalue weighted by Crippen LogP contribution is 2.38. The minimum atomic E-state index is -0.823. The van der Waals surface area contributed by atoms with Crippen molar-refractivity contribution in [2.24, 2.45) is 23.7 Å². The molecule has 30 heavy (non-hydrogen) atoms. The Morgan fingerprint density at radius 1 is 1.07 bits per heavy atom. The summed E-state index contributed by atoms with van der Waals surface area (Å²) in [6, 6.07) is 0. The van der Waals surface area contributed by atoms with Gasteiger partial charge in [-0.3, -0.25) is 0 Å². The van der Waals surface area contributed by atoms with Gasteiger partial charge in [0.2, 0.25) is 0 Å². The van der Waals surface area contributed by atoms with Crippen molar-refractivity contribution >= 4 is 0 Å². The predicted molar refractivity (Wildman–Crippen MR) is 132 cm³/mol. The van der Waals surface area contributed by atoms with Gasteiger partial charge in [-0.05, 0) is 56.8 Å². The number of rotatable bonds is 16. The molecule has 0 aliphatic heterocycles. The summed E-state index contributed by atoms with van der Waals surface area (Å²) < 4.78 is 6.31. The molecule has 178 valence electrons. The fraction of sp³-hybridized carbons (Fsp3) is 0.929. The predicted octanol–water partition coefficient (Wildman–Crippen LogP) is 8.33. The highest BCUT2D eigenvalue weighted by atomic mass is 16.5. The Balaban J connectivity index is 2.34. The molecule has 1 saturated carbocycles. The number of ether oxygens (including phenoxy) is 1. The molecule has 1 rings (SSSR count). The van der Waals surface area contributed by atoms with Crippen LogP contribution >= 0.6 is 0 Å². The highest BCUT2D eigenvalue weighted by Gasteiger charge is 2.31. The summed E-state index contributed by atoms with van der Waals surface area (Å²) in [5.74, 6) is 3.48. The minimum Gasteiger partial charge on any atom is -0.386 e. The molecule has 0 aromatic heterocycles. The monoisotopic (exact) mass is 422 g/mol. The lowest BCUT2D eigenvalue weighted by Gasteiger charge is -2.37. The first-order valence-electron chi connectivity index (χ1n) is 13.1. The Kier molecular flexibility index (Phi) is 12.9. The van der Waals surface area contributed by atoms with Gasteiger partial charge in [0.05, 0.1) is 17.8 Å². The third kappa shape index (κ3) is 11.9. The summed E-state index contributed by atoms with van der Waals surface area (Å²) >= 11 is 0. The van der Waals surface area contributed by atoms with Crippen LogP contribution in [0.5, 0.6) is 0 Å². The third-order valence-corrected chi connectivity index (χ3v) is 7.65. The molecule has 0 amide bonds. The molecule has 5 atom stereocenters. The fourth-order valence-electron chi connectivity index (χ4n) is 5.15. The van der Waals surface area contributed by atoms with E-state index in [1.165, 1.54) is 70.6 Å². The molecule has 1 aliphatic rings. The van der Waals surface area contributed by atoms with Gasteiger partial charge in [0.25, 0.3) is 0 Å². The van der Waals surface area contributed by atoms with Crippen molar-refractivity contribution < 1.29 is 9.84 Å². The zero-order chi connectivity index (χ0) is 22.6. The van der Waals surface area contributed by atoms with Crippen LogP contribution in [-0.4, -0.2) is 22.9 Å². The van der Waals surface area contributed by atoms with Crippen LogP contribution in [-0.2, 0) is 4.74 Å². The maximum atomic E-state index is 10.1. The van der Waals surface area contributed by atoms with E-state index in [4.69, 9.17) is 4.74 Å². The maximum Gasteiger partial charge on any atom is 0.0819 e. The van der Waals surface area contributed by atoms with Gasteiger partial charge in [-0.15, -0.1) is 6.58 Å². The summed E-state index contributed by atoms with van der Waals surface area (Å²) in [6.45, 7) is 17.8. The first-order valence-corrected chi connectivity index (χ1v) is 13.1. The van der Waals surface area contributed by atoms with Gasteiger partial charge in [-0.1, -0.05) is 91.6 Å². The van der Waals surface area contributed by atoms with Crippen LogP contribution in [0.3, 0.4) is 0 Å². The molecule has 0 bridgehead atoms. The van der Waals surface area contributed by atoms with Crippen LogP contribution in [0.2, 0.25) is 0 Å². The van der Waals surface area contributed by atoms with Gasteiger partial charge in [-0.2, -0.15) is 0 Å². The summed E-state index contributed by atoms with van der Waals surface area (Å²) in [5.41, 5.74) is -0.884. The molecule has 0 aromatic carbocycles. The standard InChI is InChI=1S/C28H54O2/c1-8-27(6,29)19-20-30-28(7,9-2)22-26-18-12-17-25(21-26)16-11-15-24(5)14-10-13-23(3)4/h8,23-26,29H,1,9-22H2,2-7H3. The van der Waals surface area contributed by atoms with Crippen molar-refractivity contribution in [3.05, 3.63) is 12.7 Å². The van der Waals surface area contributed by atoms with Gasteiger partial charge in [0, 0.05) is 6.42 Å². The van der Waals surface area contributed by atoms with E-state index in [0.29, 0.717) is 13.0 Å². The molecule has 0 saturated heterocycles. The van der Waals surface area contributed by atoms with Crippen LogP contribution in [0, 0.1) is 23.7 Å². The second kappa shape index (κ2) is 13.9. The Bertz CT molecular complexity index is 456. The van der Waals surface area contributed by atoms with E-state index in [1.54, 1.807) is 6.08 Å². The normalized spacial score (nSPS) is 24.9. The van der Waals surface area contributed by atoms with Crippen LogP contribution in [0.25, 0.3) is 0 Å². The van der Waals surface area contributed by atoms with Crippen LogP contribution in [0.1, 0.15) is 125 Å². The molecular formula is C28H54O2. The van der Waals surface area contributed by atoms with Gasteiger partial charge >= 0.3 is 0 Å². The molecule has 2 nitrogen and oxygen atoms in total. The Hall–Kier alpha value is -0.340.